The van der Waals surface area contributed by atoms with Crippen LogP contribution in [-0.2, 0) is 4.79 Å². The van der Waals surface area contributed by atoms with Gasteiger partial charge in [0.1, 0.15) is 0 Å². The van der Waals surface area contributed by atoms with Gasteiger partial charge in [0.2, 0.25) is 5.91 Å². The molecule has 0 saturated heterocycles. The van der Waals surface area contributed by atoms with Crippen LogP contribution in [0.25, 0.3) is 0 Å². The Bertz CT molecular complexity index is 449. The normalized spacial score (nSPS) is 11.9. The van der Waals surface area contributed by atoms with E-state index in [1.54, 1.807) is 24.3 Å². The average Bonchev–Trinajstić information content (AvgIpc) is 2.35. The lowest BCUT2D eigenvalue weighted by Gasteiger charge is -2.16. The zero-order valence-electron chi connectivity index (χ0n) is 10.8. The number of carbonyl (C=O) groups excluding carboxylic acids is 1. The van der Waals surface area contributed by atoms with E-state index in [4.69, 9.17) is 11.0 Å². The zero-order valence-corrected chi connectivity index (χ0v) is 10.8. The highest BCUT2D eigenvalue weighted by molar-refractivity contribution is 5.92. The van der Waals surface area contributed by atoms with Crippen LogP contribution in [0, 0.1) is 23.2 Å². The van der Waals surface area contributed by atoms with Crippen molar-refractivity contribution in [3.63, 3.8) is 0 Å². The minimum Gasteiger partial charge on any atom is -0.330 e. The number of hydrogen-bond acceptors (Lipinski definition) is 3. The Morgan fingerprint density at radius 3 is 2.78 bits per heavy atom. The molecule has 1 aromatic carbocycles. The number of amides is 1. The van der Waals surface area contributed by atoms with Gasteiger partial charge in [0, 0.05) is 12.2 Å². The lowest BCUT2D eigenvalue weighted by molar-refractivity contribution is -0.120. The summed E-state index contributed by atoms with van der Waals surface area (Å²) in [6.07, 6.45) is 0.764. The van der Waals surface area contributed by atoms with Crippen LogP contribution in [0.2, 0.25) is 0 Å². The lowest BCUT2D eigenvalue weighted by Crippen LogP contribution is -2.30. The van der Waals surface area contributed by atoms with E-state index in [-0.39, 0.29) is 11.8 Å². The van der Waals surface area contributed by atoms with Crippen LogP contribution in [-0.4, -0.2) is 12.5 Å². The van der Waals surface area contributed by atoms with Crippen molar-refractivity contribution >= 4 is 11.6 Å². The van der Waals surface area contributed by atoms with Gasteiger partial charge in [-0.15, -0.1) is 0 Å². The molecular formula is C14H19N3O. The predicted molar refractivity (Wildman–Crippen MR) is 71.8 cm³/mol. The molecule has 0 aliphatic carbocycles. The fourth-order valence-electron chi connectivity index (χ4n) is 1.79. The van der Waals surface area contributed by atoms with E-state index in [0.29, 0.717) is 23.7 Å². The molecule has 1 atom stereocenters. The summed E-state index contributed by atoms with van der Waals surface area (Å²) < 4.78 is 0. The molecule has 3 N–H and O–H groups in total. The van der Waals surface area contributed by atoms with Crippen LogP contribution in [0.15, 0.2) is 24.3 Å². The molecular weight excluding hydrogens is 226 g/mol. The second kappa shape index (κ2) is 6.77. The highest BCUT2D eigenvalue weighted by Crippen LogP contribution is 2.15. The number of anilines is 1. The zero-order chi connectivity index (χ0) is 13.5. The second-order valence-corrected chi connectivity index (χ2v) is 4.74. The maximum Gasteiger partial charge on any atom is 0.228 e. The van der Waals surface area contributed by atoms with Gasteiger partial charge in [0.25, 0.3) is 0 Å². The molecule has 0 aromatic heterocycles. The molecule has 1 rings (SSSR count). The predicted octanol–water partition coefficient (Wildman–Crippen LogP) is 2.12. The van der Waals surface area contributed by atoms with Crippen LogP contribution in [0.4, 0.5) is 5.69 Å². The molecule has 96 valence electrons. The Hall–Kier alpha value is -1.86. The van der Waals surface area contributed by atoms with Gasteiger partial charge in [-0.1, -0.05) is 19.9 Å². The molecule has 0 radical (unpaired) electrons. The quantitative estimate of drug-likeness (QED) is 0.834. The summed E-state index contributed by atoms with van der Waals surface area (Å²) >= 11 is 0. The summed E-state index contributed by atoms with van der Waals surface area (Å²) in [6, 6.07) is 8.90. The SMILES string of the molecule is CC(C)CC(CN)C(=O)Nc1cccc(C#N)c1. The van der Waals surface area contributed by atoms with E-state index in [9.17, 15) is 4.79 Å². The number of hydrogen-bond donors (Lipinski definition) is 2. The Kier molecular flexibility index (Phi) is 5.34. The van der Waals surface area contributed by atoms with E-state index in [2.05, 4.69) is 19.2 Å². The van der Waals surface area contributed by atoms with Gasteiger partial charge in [-0.2, -0.15) is 5.26 Å². The van der Waals surface area contributed by atoms with Gasteiger partial charge in [0.15, 0.2) is 0 Å². The van der Waals surface area contributed by atoms with E-state index < -0.39 is 0 Å². The third-order valence-electron chi connectivity index (χ3n) is 2.67. The molecule has 0 fully saturated rings. The maximum atomic E-state index is 12.0. The molecule has 4 heteroatoms. The standard InChI is InChI=1S/C14H19N3O/c1-10(2)6-12(9-16)14(18)17-13-5-3-4-11(7-13)8-15/h3-5,7,10,12H,6,9,16H2,1-2H3,(H,17,18). The van der Waals surface area contributed by atoms with E-state index >= 15 is 0 Å². The first kappa shape index (κ1) is 14.2. The third kappa shape index (κ3) is 4.19. The molecule has 1 aromatic rings. The molecule has 0 aliphatic heterocycles. The minimum absolute atomic E-state index is 0.0821. The molecule has 0 bridgehead atoms. The van der Waals surface area contributed by atoms with Crippen LogP contribution >= 0.6 is 0 Å². The number of rotatable bonds is 5. The summed E-state index contributed by atoms with van der Waals surface area (Å²) in [5.41, 5.74) is 6.79. The summed E-state index contributed by atoms with van der Waals surface area (Å²) in [5, 5.41) is 11.6. The first-order valence-corrected chi connectivity index (χ1v) is 6.08. The first-order valence-electron chi connectivity index (χ1n) is 6.08. The van der Waals surface area contributed by atoms with Gasteiger partial charge in [-0.05, 0) is 30.5 Å². The van der Waals surface area contributed by atoms with Crippen molar-refractivity contribution in [2.75, 3.05) is 11.9 Å². The maximum absolute atomic E-state index is 12.0. The first-order chi connectivity index (χ1) is 8.56. The van der Waals surface area contributed by atoms with Gasteiger partial charge in [0.05, 0.1) is 17.6 Å². The third-order valence-corrected chi connectivity index (χ3v) is 2.67. The van der Waals surface area contributed by atoms with Crippen LogP contribution in [0.1, 0.15) is 25.8 Å². The number of nitrogens with two attached hydrogens (primary N) is 1. The van der Waals surface area contributed by atoms with Gasteiger partial charge in [-0.3, -0.25) is 4.79 Å². The number of benzene rings is 1. The van der Waals surface area contributed by atoms with E-state index in [0.717, 1.165) is 6.42 Å². The van der Waals surface area contributed by atoms with Crippen molar-refractivity contribution in [1.82, 2.24) is 0 Å². The molecule has 0 heterocycles. The Balaban J connectivity index is 2.70. The highest BCUT2D eigenvalue weighted by atomic mass is 16.1. The molecule has 0 saturated carbocycles. The molecule has 18 heavy (non-hydrogen) atoms. The smallest absolute Gasteiger partial charge is 0.228 e. The average molecular weight is 245 g/mol. The van der Waals surface area contributed by atoms with Crippen molar-refractivity contribution in [3.8, 4) is 6.07 Å². The van der Waals surface area contributed by atoms with Gasteiger partial charge >= 0.3 is 0 Å². The van der Waals surface area contributed by atoms with Crippen LogP contribution in [0.5, 0.6) is 0 Å². The van der Waals surface area contributed by atoms with Crippen LogP contribution < -0.4 is 11.1 Å². The summed E-state index contributed by atoms with van der Waals surface area (Å²) in [6.45, 7) is 4.46. The van der Waals surface area contributed by atoms with Crippen molar-refractivity contribution in [2.45, 2.75) is 20.3 Å². The number of carbonyl (C=O) groups is 1. The minimum atomic E-state index is -0.184. The van der Waals surface area contributed by atoms with E-state index in [1.165, 1.54) is 0 Å². The van der Waals surface area contributed by atoms with Crippen molar-refractivity contribution in [1.29, 1.82) is 5.26 Å². The number of nitriles is 1. The summed E-state index contributed by atoms with van der Waals surface area (Å²) in [4.78, 5) is 12.0. The molecule has 4 nitrogen and oxygen atoms in total. The molecule has 0 aliphatic rings. The number of nitrogens with one attached hydrogen (secondary N) is 1. The Labute approximate surface area is 108 Å². The van der Waals surface area contributed by atoms with Gasteiger partial charge in [-0.25, -0.2) is 0 Å². The summed E-state index contributed by atoms with van der Waals surface area (Å²) in [7, 11) is 0. The fraction of sp³-hybridized carbons (Fsp3) is 0.429. The lowest BCUT2D eigenvalue weighted by atomic mass is 9.96. The molecule has 1 unspecified atom stereocenters. The molecule has 0 spiro atoms. The van der Waals surface area contributed by atoms with Crippen LogP contribution in [0.3, 0.4) is 0 Å². The van der Waals surface area contributed by atoms with Crippen molar-refractivity contribution < 1.29 is 4.79 Å². The Morgan fingerprint density at radius 2 is 2.22 bits per heavy atom. The highest BCUT2D eigenvalue weighted by Gasteiger charge is 2.18. The fourth-order valence-corrected chi connectivity index (χ4v) is 1.79. The Morgan fingerprint density at radius 1 is 1.50 bits per heavy atom. The van der Waals surface area contributed by atoms with Crippen molar-refractivity contribution in [3.05, 3.63) is 29.8 Å². The monoisotopic (exact) mass is 245 g/mol. The van der Waals surface area contributed by atoms with Crippen molar-refractivity contribution in [2.24, 2.45) is 17.6 Å². The topological polar surface area (TPSA) is 78.9 Å². The largest absolute Gasteiger partial charge is 0.330 e. The van der Waals surface area contributed by atoms with Gasteiger partial charge < -0.3 is 11.1 Å². The second-order valence-electron chi connectivity index (χ2n) is 4.74. The number of nitrogens with zero attached hydrogens (tertiary/aromatic N) is 1. The molecule has 1 amide bonds. The summed E-state index contributed by atoms with van der Waals surface area (Å²) in [5.74, 6) is 0.159. The van der Waals surface area contributed by atoms with E-state index in [1.807, 2.05) is 6.07 Å².